The third kappa shape index (κ3) is 3.87. The molecule has 0 saturated heterocycles. The summed E-state index contributed by atoms with van der Waals surface area (Å²) >= 11 is 0. The van der Waals surface area contributed by atoms with Crippen LogP contribution in [-0.4, -0.2) is 35.4 Å². The SMILES string of the molecule is Cc1cc(NC(=O)c2ccc(C(F)(F)F)cc2)n(-c2ncnc3c2cnn3-c2ccccc2)n1. The molecule has 0 radical (unpaired) electrons. The maximum absolute atomic E-state index is 12.8. The van der Waals surface area contributed by atoms with Gasteiger partial charge >= 0.3 is 6.18 Å². The lowest BCUT2D eigenvalue weighted by molar-refractivity contribution is -0.137. The summed E-state index contributed by atoms with van der Waals surface area (Å²) in [5.74, 6) is 0.109. The van der Waals surface area contributed by atoms with Gasteiger partial charge in [-0.2, -0.15) is 28.1 Å². The normalized spacial score (nSPS) is 11.6. The minimum Gasteiger partial charge on any atom is -0.306 e. The van der Waals surface area contributed by atoms with E-state index in [0.29, 0.717) is 28.4 Å². The van der Waals surface area contributed by atoms with Crippen LogP contribution in [0.4, 0.5) is 19.0 Å². The van der Waals surface area contributed by atoms with Crippen molar-refractivity contribution in [2.75, 3.05) is 5.32 Å². The van der Waals surface area contributed by atoms with Crippen LogP contribution in [-0.2, 0) is 6.18 Å². The molecule has 0 spiro atoms. The second kappa shape index (κ2) is 8.10. The van der Waals surface area contributed by atoms with E-state index in [-0.39, 0.29) is 5.56 Å². The minimum atomic E-state index is -4.48. The van der Waals surface area contributed by atoms with E-state index in [1.807, 2.05) is 30.3 Å². The van der Waals surface area contributed by atoms with Gasteiger partial charge in [0.1, 0.15) is 12.1 Å². The van der Waals surface area contributed by atoms with Crippen molar-refractivity contribution in [1.29, 1.82) is 0 Å². The van der Waals surface area contributed by atoms with Gasteiger partial charge in [-0.25, -0.2) is 14.6 Å². The second-order valence-corrected chi connectivity index (χ2v) is 7.44. The lowest BCUT2D eigenvalue weighted by Crippen LogP contribution is -2.16. The van der Waals surface area contributed by atoms with Gasteiger partial charge in [0.15, 0.2) is 11.5 Å². The summed E-state index contributed by atoms with van der Waals surface area (Å²) in [4.78, 5) is 21.4. The summed E-state index contributed by atoms with van der Waals surface area (Å²) < 4.78 is 41.6. The molecule has 0 saturated carbocycles. The largest absolute Gasteiger partial charge is 0.416 e. The Bertz CT molecular complexity index is 1490. The summed E-state index contributed by atoms with van der Waals surface area (Å²) in [6, 6.07) is 15.1. The van der Waals surface area contributed by atoms with Gasteiger partial charge in [0.25, 0.3) is 5.91 Å². The summed E-state index contributed by atoms with van der Waals surface area (Å²) in [5, 5.41) is 12.1. The molecule has 0 bridgehead atoms. The molecule has 0 fully saturated rings. The number of halogens is 3. The van der Waals surface area contributed by atoms with Crippen LogP contribution in [0, 0.1) is 6.92 Å². The Hall–Kier alpha value is -4.54. The first kappa shape index (κ1) is 21.3. The zero-order chi connectivity index (χ0) is 23.9. The predicted molar refractivity (Wildman–Crippen MR) is 118 cm³/mol. The molecule has 11 heteroatoms. The fourth-order valence-electron chi connectivity index (χ4n) is 3.51. The standard InChI is InChI=1S/C23H16F3N7O/c1-14-11-19(30-22(34)15-7-9-16(10-8-15)23(24,25)26)33(31-14)21-18-12-29-32(20(18)27-13-28-21)17-5-3-2-4-6-17/h2-13H,1H3,(H,30,34). The number of aromatic nitrogens is 6. The fraction of sp³-hybridized carbons (Fsp3) is 0.0870. The number of rotatable bonds is 4. The quantitative estimate of drug-likeness (QED) is 0.421. The van der Waals surface area contributed by atoms with Crippen LogP contribution in [0.2, 0.25) is 0 Å². The highest BCUT2D eigenvalue weighted by Crippen LogP contribution is 2.29. The molecule has 170 valence electrons. The lowest BCUT2D eigenvalue weighted by atomic mass is 10.1. The van der Waals surface area contributed by atoms with Crippen LogP contribution >= 0.6 is 0 Å². The Labute approximate surface area is 190 Å². The van der Waals surface area contributed by atoms with E-state index in [1.165, 1.54) is 11.0 Å². The van der Waals surface area contributed by atoms with Gasteiger partial charge in [-0.3, -0.25) is 4.79 Å². The van der Waals surface area contributed by atoms with E-state index in [4.69, 9.17) is 0 Å². The minimum absolute atomic E-state index is 0.0723. The van der Waals surface area contributed by atoms with E-state index >= 15 is 0 Å². The van der Waals surface area contributed by atoms with Crippen LogP contribution < -0.4 is 5.32 Å². The van der Waals surface area contributed by atoms with Gasteiger partial charge < -0.3 is 5.32 Å². The van der Waals surface area contributed by atoms with Crippen LogP contribution in [0.1, 0.15) is 21.6 Å². The number of fused-ring (bicyclic) bond motifs is 1. The molecule has 0 aliphatic carbocycles. The van der Waals surface area contributed by atoms with E-state index in [2.05, 4.69) is 25.5 Å². The number of alkyl halides is 3. The Morgan fingerprint density at radius 1 is 0.971 bits per heavy atom. The number of carbonyl (C=O) groups excluding carboxylic acids is 1. The average Bonchev–Trinajstić information content (AvgIpc) is 3.42. The van der Waals surface area contributed by atoms with Gasteiger partial charge in [0.05, 0.1) is 28.5 Å². The molecule has 2 aromatic carbocycles. The van der Waals surface area contributed by atoms with Crippen molar-refractivity contribution < 1.29 is 18.0 Å². The molecule has 3 aromatic heterocycles. The zero-order valence-corrected chi connectivity index (χ0v) is 17.7. The van der Waals surface area contributed by atoms with Gasteiger partial charge in [-0.05, 0) is 43.3 Å². The van der Waals surface area contributed by atoms with Crippen molar-refractivity contribution in [3.63, 3.8) is 0 Å². The maximum Gasteiger partial charge on any atom is 0.416 e. The Morgan fingerprint density at radius 3 is 2.41 bits per heavy atom. The number of para-hydroxylation sites is 1. The molecule has 1 N–H and O–H groups in total. The van der Waals surface area contributed by atoms with Crippen molar-refractivity contribution in [3.05, 3.63) is 90.0 Å². The molecule has 0 aliphatic heterocycles. The molecule has 0 aliphatic rings. The number of carbonyl (C=O) groups is 1. The Balaban J connectivity index is 1.50. The molecule has 5 aromatic rings. The van der Waals surface area contributed by atoms with Gasteiger partial charge in [-0.15, -0.1) is 0 Å². The van der Waals surface area contributed by atoms with Crippen molar-refractivity contribution in [3.8, 4) is 11.5 Å². The van der Waals surface area contributed by atoms with Crippen molar-refractivity contribution >= 4 is 22.8 Å². The first-order valence-corrected chi connectivity index (χ1v) is 10.1. The van der Waals surface area contributed by atoms with Gasteiger partial charge in [0, 0.05) is 11.6 Å². The molecule has 34 heavy (non-hydrogen) atoms. The molecule has 3 heterocycles. The molecule has 0 atom stereocenters. The van der Waals surface area contributed by atoms with Crippen molar-refractivity contribution in [2.24, 2.45) is 0 Å². The number of nitrogens with one attached hydrogen (secondary N) is 1. The fourth-order valence-corrected chi connectivity index (χ4v) is 3.51. The number of benzene rings is 2. The first-order chi connectivity index (χ1) is 16.3. The van der Waals surface area contributed by atoms with E-state index in [1.54, 1.807) is 23.9 Å². The third-order valence-corrected chi connectivity index (χ3v) is 5.09. The molecular formula is C23H16F3N7O. The summed E-state index contributed by atoms with van der Waals surface area (Å²) in [6.07, 6.45) is -1.50. The van der Waals surface area contributed by atoms with Crippen LogP contribution in [0.25, 0.3) is 22.5 Å². The van der Waals surface area contributed by atoms with Gasteiger partial charge in [-0.1, -0.05) is 18.2 Å². The maximum atomic E-state index is 12.8. The highest BCUT2D eigenvalue weighted by molar-refractivity contribution is 6.04. The summed E-state index contributed by atoms with van der Waals surface area (Å²) in [6.45, 7) is 1.75. The molecule has 5 rings (SSSR count). The van der Waals surface area contributed by atoms with E-state index < -0.39 is 17.6 Å². The zero-order valence-electron chi connectivity index (χ0n) is 17.7. The second-order valence-electron chi connectivity index (χ2n) is 7.44. The highest BCUT2D eigenvalue weighted by Gasteiger charge is 2.30. The number of aryl methyl sites for hydroxylation is 1. The first-order valence-electron chi connectivity index (χ1n) is 10.1. The third-order valence-electron chi connectivity index (χ3n) is 5.09. The highest BCUT2D eigenvalue weighted by atomic mass is 19.4. The Kier molecular flexibility index (Phi) is 5.08. The predicted octanol–water partition coefficient (Wildman–Crippen LogP) is 4.58. The number of anilines is 1. The number of hydrogen-bond acceptors (Lipinski definition) is 5. The lowest BCUT2D eigenvalue weighted by Gasteiger charge is -2.10. The number of hydrogen-bond donors (Lipinski definition) is 1. The average molecular weight is 463 g/mol. The topological polar surface area (TPSA) is 90.5 Å². The monoisotopic (exact) mass is 463 g/mol. The molecule has 1 amide bonds. The number of amides is 1. The Morgan fingerprint density at radius 2 is 1.71 bits per heavy atom. The molecule has 8 nitrogen and oxygen atoms in total. The van der Waals surface area contributed by atoms with E-state index in [9.17, 15) is 18.0 Å². The molecule has 0 unspecified atom stereocenters. The van der Waals surface area contributed by atoms with E-state index in [0.717, 1.165) is 30.0 Å². The molecular weight excluding hydrogens is 447 g/mol. The van der Waals surface area contributed by atoms with Crippen LogP contribution in [0.5, 0.6) is 0 Å². The smallest absolute Gasteiger partial charge is 0.306 e. The van der Waals surface area contributed by atoms with Crippen molar-refractivity contribution in [1.82, 2.24) is 29.5 Å². The van der Waals surface area contributed by atoms with Crippen molar-refractivity contribution in [2.45, 2.75) is 13.1 Å². The van der Waals surface area contributed by atoms with Crippen LogP contribution in [0.15, 0.2) is 73.2 Å². The number of nitrogens with zero attached hydrogens (tertiary/aromatic N) is 6. The summed E-state index contributed by atoms with van der Waals surface area (Å²) in [5.41, 5.74) is 1.20. The summed E-state index contributed by atoms with van der Waals surface area (Å²) in [7, 11) is 0. The van der Waals surface area contributed by atoms with Crippen LogP contribution in [0.3, 0.4) is 0 Å². The van der Waals surface area contributed by atoms with Gasteiger partial charge in [0.2, 0.25) is 0 Å².